The summed E-state index contributed by atoms with van der Waals surface area (Å²) in [4.78, 5) is 24.7. The van der Waals surface area contributed by atoms with E-state index in [1.54, 1.807) is 30.6 Å². The van der Waals surface area contributed by atoms with E-state index in [1.807, 2.05) is 22.8 Å². The molecule has 218 valence electrons. The number of hydrogen-bond donors (Lipinski definition) is 1. The highest BCUT2D eigenvalue weighted by Crippen LogP contribution is 2.19. The van der Waals surface area contributed by atoms with Crippen LogP contribution >= 0.6 is 0 Å². The van der Waals surface area contributed by atoms with Crippen molar-refractivity contribution in [1.82, 2.24) is 9.88 Å². The van der Waals surface area contributed by atoms with Crippen LogP contribution in [-0.2, 0) is 11.2 Å². The van der Waals surface area contributed by atoms with E-state index in [9.17, 15) is 9.59 Å². The molecule has 41 heavy (non-hydrogen) atoms. The average molecular weight is 557 g/mol. The van der Waals surface area contributed by atoms with Gasteiger partial charge in [0.2, 0.25) is 0 Å². The summed E-state index contributed by atoms with van der Waals surface area (Å²) in [6.07, 6.45) is 22.3. The number of esters is 1. The number of aryl methyl sites for hydroxylation is 1. The van der Waals surface area contributed by atoms with Gasteiger partial charge in [-0.05, 0) is 55.9 Å². The van der Waals surface area contributed by atoms with Gasteiger partial charge in [-0.2, -0.15) is 0 Å². The first-order valence-corrected chi connectivity index (χ1v) is 15.0. The fraction of sp³-hybridized carbons (Fsp3) is 0.429. The summed E-state index contributed by atoms with van der Waals surface area (Å²) >= 11 is 0. The van der Waals surface area contributed by atoms with E-state index in [4.69, 9.17) is 15.9 Å². The fourth-order valence-corrected chi connectivity index (χ4v) is 4.63. The van der Waals surface area contributed by atoms with Crippen LogP contribution < -0.4 is 10.1 Å². The number of benzene rings is 2. The maximum absolute atomic E-state index is 12.5. The molecule has 0 unspecified atom stereocenters. The molecule has 0 saturated carbocycles. The molecule has 2 aromatic carbocycles. The van der Waals surface area contributed by atoms with Crippen molar-refractivity contribution in [1.29, 1.82) is 0 Å². The molecule has 0 aliphatic rings. The lowest BCUT2D eigenvalue weighted by Crippen LogP contribution is -2.27. The number of hydrogen-bond acceptors (Lipinski definition) is 4. The van der Waals surface area contributed by atoms with Crippen LogP contribution in [0.25, 0.3) is 5.69 Å². The molecule has 1 heterocycles. The number of terminal acetylenes is 1. The number of nitrogens with one attached hydrogen (secondary N) is 1. The lowest BCUT2D eigenvalue weighted by Gasteiger charge is -2.09. The van der Waals surface area contributed by atoms with Crippen LogP contribution in [0.1, 0.15) is 93.0 Å². The van der Waals surface area contributed by atoms with Crippen LogP contribution in [0.3, 0.4) is 0 Å². The standard InChI is InChI=1S/C35H44N2O4/c1-2-3-4-5-6-7-8-11-17-27-40-34(38)31-24-26-37(29-31)32-22-18-23-33(28-32)41-35(39)36-25-16-10-9-13-19-30-20-14-12-15-21-30/h1,12,14-15,18,20-24,26,28-29H,3-11,13,16-17,19,25,27H2,(H,36,39). The van der Waals surface area contributed by atoms with Crippen molar-refractivity contribution in [3.63, 3.8) is 0 Å². The molecule has 0 atom stereocenters. The largest absolute Gasteiger partial charge is 0.462 e. The third kappa shape index (κ3) is 12.8. The highest BCUT2D eigenvalue weighted by molar-refractivity contribution is 5.89. The van der Waals surface area contributed by atoms with Gasteiger partial charge < -0.3 is 19.4 Å². The summed E-state index contributed by atoms with van der Waals surface area (Å²) in [5.41, 5.74) is 2.65. The van der Waals surface area contributed by atoms with Gasteiger partial charge >= 0.3 is 12.1 Å². The Hall–Kier alpha value is -3.98. The van der Waals surface area contributed by atoms with Gasteiger partial charge in [0.05, 0.1) is 12.2 Å². The molecule has 1 aromatic heterocycles. The van der Waals surface area contributed by atoms with Crippen molar-refractivity contribution in [3.8, 4) is 23.8 Å². The number of aromatic nitrogens is 1. The monoisotopic (exact) mass is 556 g/mol. The molecule has 0 radical (unpaired) electrons. The number of amides is 1. The minimum absolute atomic E-state index is 0.329. The van der Waals surface area contributed by atoms with Crippen molar-refractivity contribution in [2.45, 2.75) is 83.5 Å². The van der Waals surface area contributed by atoms with Crippen molar-refractivity contribution in [2.75, 3.05) is 13.2 Å². The van der Waals surface area contributed by atoms with Gasteiger partial charge in [-0.25, -0.2) is 9.59 Å². The molecule has 6 nitrogen and oxygen atoms in total. The molecule has 0 spiro atoms. The summed E-state index contributed by atoms with van der Waals surface area (Å²) in [6, 6.07) is 19.5. The van der Waals surface area contributed by atoms with Gasteiger partial charge in [-0.15, -0.1) is 12.3 Å². The summed E-state index contributed by atoms with van der Waals surface area (Å²) < 4.78 is 12.7. The topological polar surface area (TPSA) is 69.6 Å². The van der Waals surface area contributed by atoms with Crippen LogP contribution in [0.2, 0.25) is 0 Å². The molecule has 0 saturated heterocycles. The van der Waals surface area contributed by atoms with Crippen LogP contribution in [0.15, 0.2) is 73.1 Å². The zero-order valence-electron chi connectivity index (χ0n) is 24.2. The van der Waals surface area contributed by atoms with E-state index < -0.39 is 6.09 Å². The second-order valence-corrected chi connectivity index (χ2v) is 10.3. The Morgan fingerprint density at radius 1 is 0.805 bits per heavy atom. The first-order chi connectivity index (χ1) is 20.2. The minimum atomic E-state index is -0.466. The third-order valence-corrected chi connectivity index (χ3v) is 6.96. The Balaban J connectivity index is 1.30. The van der Waals surface area contributed by atoms with Crippen LogP contribution in [0.5, 0.6) is 5.75 Å². The van der Waals surface area contributed by atoms with E-state index in [1.165, 1.54) is 24.8 Å². The van der Waals surface area contributed by atoms with E-state index in [0.717, 1.165) is 69.9 Å². The van der Waals surface area contributed by atoms with Crippen molar-refractivity contribution < 1.29 is 19.1 Å². The minimum Gasteiger partial charge on any atom is -0.462 e. The van der Waals surface area contributed by atoms with Gasteiger partial charge in [-0.3, -0.25) is 0 Å². The van der Waals surface area contributed by atoms with Crippen molar-refractivity contribution >= 4 is 12.1 Å². The molecule has 1 amide bonds. The van der Waals surface area contributed by atoms with E-state index in [-0.39, 0.29) is 5.97 Å². The van der Waals surface area contributed by atoms with Gasteiger partial charge in [0.25, 0.3) is 0 Å². The fourth-order valence-electron chi connectivity index (χ4n) is 4.63. The van der Waals surface area contributed by atoms with Crippen molar-refractivity contribution in [2.24, 2.45) is 0 Å². The third-order valence-electron chi connectivity index (χ3n) is 6.96. The Kier molecular flexibility index (Phi) is 14.7. The lowest BCUT2D eigenvalue weighted by molar-refractivity contribution is 0.0497. The molecule has 1 N–H and O–H groups in total. The maximum atomic E-state index is 12.5. The van der Waals surface area contributed by atoms with Crippen LogP contribution in [-0.4, -0.2) is 29.8 Å². The SMILES string of the molecule is C#CCCCCCCCCCOC(=O)c1ccn(-c2cccc(OC(=O)NCCCCCCc3ccccc3)c2)c1. The van der Waals surface area contributed by atoms with E-state index in [0.29, 0.717) is 24.5 Å². The average Bonchev–Trinajstić information content (AvgIpc) is 3.49. The normalized spacial score (nSPS) is 10.6. The molecule has 0 fully saturated rings. The molecule has 6 heteroatoms. The number of unbranched alkanes of at least 4 members (excludes halogenated alkanes) is 10. The van der Waals surface area contributed by atoms with Gasteiger partial charge in [-0.1, -0.05) is 81.3 Å². The summed E-state index contributed by atoms with van der Waals surface area (Å²) in [5.74, 6) is 2.79. The Bertz CT molecular complexity index is 1210. The quantitative estimate of drug-likeness (QED) is 0.0916. The summed E-state index contributed by atoms with van der Waals surface area (Å²) in [7, 11) is 0. The Labute approximate surface area is 245 Å². The predicted molar refractivity (Wildman–Crippen MR) is 164 cm³/mol. The van der Waals surface area contributed by atoms with Crippen LogP contribution in [0.4, 0.5) is 4.79 Å². The van der Waals surface area contributed by atoms with E-state index in [2.05, 4.69) is 35.5 Å². The highest BCUT2D eigenvalue weighted by Gasteiger charge is 2.11. The number of nitrogens with zero attached hydrogens (tertiary/aromatic N) is 1. The lowest BCUT2D eigenvalue weighted by atomic mass is 10.1. The van der Waals surface area contributed by atoms with E-state index >= 15 is 0 Å². The second kappa shape index (κ2) is 19.2. The second-order valence-electron chi connectivity index (χ2n) is 10.3. The molecular weight excluding hydrogens is 512 g/mol. The highest BCUT2D eigenvalue weighted by atomic mass is 16.6. The molecule has 3 aromatic rings. The van der Waals surface area contributed by atoms with Gasteiger partial charge in [0.15, 0.2) is 0 Å². The predicted octanol–water partition coefficient (Wildman–Crippen LogP) is 8.28. The zero-order valence-corrected chi connectivity index (χ0v) is 24.2. The molecule has 0 aliphatic carbocycles. The number of rotatable bonds is 19. The number of carbonyl (C=O) groups is 2. The Morgan fingerprint density at radius 3 is 2.34 bits per heavy atom. The molecule has 0 aliphatic heterocycles. The zero-order chi connectivity index (χ0) is 29.0. The molecule has 0 bridgehead atoms. The molecule has 3 rings (SSSR count). The van der Waals surface area contributed by atoms with Crippen LogP contribution in [0, 0.1) is 12.3 Å². The summed E-state index contributed by atoms with van der Waals surface area (Å²) in [5, 5.41) is 2.83. The first-order valence-electron chi connectivity index (χ1n) is 15.0. The van der Waals surface area contributed by atoms with Crippen molar-refractivity contribution in [3.05, 3.63) is 84.2 Å². The van der Waals surface area contributed by atoms with Gasteiger partial charge in [0, 0.05) is 37.1 Å². The molecular formula is C35H44N2O4. The summed E-state index contributed by atoms with van der Waals surface area (Å²) in [6.45, 7) is 1.01. The maximum Gasteiger partial charge on any atom is 0.412 e. The first kappa shape index (κ1) is 31.5. The smallest absolute Gasteiger partial charge is 0.412 e. The Morgan fingerprint density at radius 2 is 1.54 bits per heavy atom. The number of carbonyl (C=O) groups excluding carboxylic acids is 2. The van der Waals surface area contributed by atoms with Gasteiger partial charge in [0.1, 0.15) is 5.75 Å². The number of ether oxygens (including phenoxy) is 2.